The Morgan fingerprint density at radius 1 is 1.16 bits per heavy atom. The molecule has 0 spiro atoms. The normalized spacial score (nSPS) is 23.2. The number of carboxylic acids is 1. The lowest BCUT2D eigenvalue weighted by Gasteiger charge is -2.23. The largest absolute Gasteiger partial charge is 0.496 e. The van der Waals surface area contributed by atoms with Crippen molar-refractivity contribution in [3.8, 4) is 5.75 Å². The number of aliphatic carboxylic acids is 1. The minimum atomic E-state index is -0.764. The van der Waals surface area contributed by atoms with E-state index >= 15 is 0 Å². The van der Waals surface area contributed by atoms with E-state index in [2.05, 4.69) is 5.16 Å². The van der Waals surface area contributed by atoms with Crippen LogP contribution in [0, 0.1) is 11.8 Å². The lowest BCUT2D eigenvalue weighted by atomic mass is 9.84. The first-order valence-corrected chi connectivity index (χ1v) is 11.4. The summed E-state index contributed by atoms with van der Waals surface area (Å²) < 4.78 is 5.37. The molecule has 1 aromatic carbocycles. The highest BCUT2D eigenvalue weighted by molar-refractivity contribution is 5.89. The first-order chi connectivity index (χ1) is 15.0. The first-order valence-electron chi connectivity index (χ1n) is 11.4. The van der Waals surface area contributed by atoms with Crippen LogP contribution in [-0.2, 0) is 11.2 Å². The number of rotatable bonds is 14. The lowest BCUT2D eigenvalue weighted by Crippen LogP contribution is -2.22. The van der Waals surface area contributed by atoms with Gasteiger partial charge in [-0.2, -0.15) is 0 Å². The number of unbranched alkanes of at least 4 members (excludes halogenated alkanes) is 3. The van der Waals surface area contributed by atoms with E-state index in [9.17, 15) is 20.2 Å². The molecule has 2 rings (SSSR count). The number of carbonyl (C=O) groups is 1. The highest BCUT2D eigenvalue weighted by Crippen LogP contribution is 2.37. The molecule has 4 atom stereocenters. The van der Waals surface area contributed by atoms with Gasteiger partial charge in [0.2, 0.25) is 0 Å². The summed E-state index contributed by atoms with van der Waals surface area (Å²) in [5.74, 6) is 0.0535. The van der Waals surface area contributed by atoms with E-state index in [1.165, 1.54) is 0 Å². The molecular formula is C24H37NO6. The Balaban J connectivity index is 1.80. The molecular weight excluding hydrogens is 398 g/mol. The number of oxime groups is 1. The minimum Gasteiger partial charge on any atom is -0.496 e. The van der Waals surface area contributed by atoms with Crippen LogP contribution >= 0.6 is 0 Å². The summed E-state index contributed by atoms with van der Waals surface area (Å²) in [6.45, 7) is 0. The predicted octanol–water partition coefficient (Wildman–Crippen LogP) is 4.02. The maximum absolute atomic E-state index is 10.6. The topological polar surface area (TPSA) is 120 Å². The number of para-hydroxylation sites is 1. The summed E-state index contributed by atoms with van der Waals surface area (Å²) in [5.41, 5.74) is 1.69. The zero-order valence-electron chi connectivity index (χ0n) is 18.4. The van der Waals surface area contributed by atoms with Crippen molar-refractivity contribution in [2.75, 3.05) is 7.11 Å². The van der Waals surface area contributed by atoms with Gasteiger partial charge in [0.15, 0.2) is 0 Å². The molecule has 1 unspecified atom stereocenters. The van der Waals surface area contributed by atoms with Crippen LogP contribution in [0.4, 0.5) is 0 Å². The monoisotopic (exact) mass is 435 g/mol. The number of hydrogen-bond acceptors (Lipinski definition) is 6. The van der Waals surface area contributed by atoms with Gasteiger partial charge in [-0.25, -0.2) is 0 Å². The summed E-state index contributed by atoms with van der Waals surface area (Å²) in [5, 5.41) is 42.5. The number of carboxylic acid groups (broad SMARTS) is 1. The fourth-order valence-electron chi connectivity index (χ4n) is 4.68. The van der Waals surface area contributed by atoms with Gasteiger partial charge in [-0.3, -0.25) is 4.79 Å². The molecule has 1 saturated carbocycles. The average Bonchev–Trinajstić information content (AvgIpc) is 3.07. The molecule has 31 heavy (non-hydrogen) atoms. The number of aliphatic hydroxyl groups is 2. The maximum Gasteiger partial charge on any atom is 0.303 e. The fourth-order valence-corrected chi connectivity index (χ4v) is 4.68. The van der Waals surface area contributed by atoms with Crippen LogP contribution in [0.3, 0.4) is 0 Å². The highest BCUT2D eigenvalue weighted by Gasteiger charge is 2.39. The van der Waals surface area contributed by atoms with E-state index in [4.69, 9.17) is 9.84 Å². The lowest BCUT2D eigenvalue weighted by molar-refractivity contribution is -0.137. The Bertz CT molecular complexity index is 707. The van der Waals surface area contributed by atoms with Crippen LogP contribution in [0.25, 0.3) is 0 Å². The highest BCUT2D eigenvalue weighted by atomic mass is 16.5. The van der Waals surface area contributed by atoms with Crippen molar-refractivity contribution < 1.29 is 30.1 Å². The quantitative estimate of drug-likeness (QED) is 0.199. The van der Waals surface area contributed by atoms with Crippen LogP contribution in [0.1, 0.15) is 69.8 Å². The fraction of sp³-hybridized carbons (Fsp3) is 0.667. The molecule has 1 fully saturated rings. The van der Waals surface area contributed by atoms with Crippen molar-refractivity contribution in [1.29, 1.82) is 0 Å². The molecule has 0 bridgehead atoms. The van der Waals surface area contributed by atoms with Crippen molar-refractivity contribution in [3.05, 3.63) is 29.8 Å². The molecule has 1 aliphatic rings. The third-order valence-corrected chi connectivity index (χ3v) is 6.41. The van der Waals surface area contributed by atoms with Crippen LogP contribution in [-0.4, -0.2) is 51.5 Å². The van der Waals surface area contributed by atoms with Gasteiger partial charge in [0.1, 0.15) is 5.75 Å². The van der Waals surface area contributed by atoms with Crippen molar-refractivity contribution in [1.82, 2.24) is 0 Å². The molecule has 0 aliphatic heterocycles. The van der Waals surface area contributed by atoms with Gasteiger partial charge in [-0.1, -0.05) is 42.6 Å². The number of methoxy groups -OCH3 is 1. The van der Waals surface area contributed by atoms with E-state index in [1.54, 1.807) is 7.11 Å². The van der Waals surface area contributed by atoms with Gasteiger partial charge in [0, 0.05) is 18.8 Å². The molecule has 1 aromatic rings. The van der Waals surface area contributed by atoms with Crippen LogP contribution < -0.4 is 4.74 Å². The van der Waals surface area contributed by atoms with Gasteiger partial charge in [-0.05, 0) is 56.1 Å². The van der Waals surface area contributed by atoms with Gasteiger partial charge in [-0.15, -0.1) is 0 Å². The first kappa shape index (κ1) is 25.1. The van der Waals surface area contributed by atoms with Crippen LogP contribution in [0.5, 0.6) is 5.75 Å². The Morgan fingerprint density at radius 2 is 1.90 bits per heavy atom. The van der Waals surface area contributed by atoms with Crippen LogP contribution in [0.2, 0.25) is 0 Å². The molecule has 7 heteroatoms. The zero-order valence-corrected chi connectivity index (χ0v) is 18.4. The standard InChI is InChI=1S/C24H37NO6/c1-31-23-10-7-6-8-17(23)12-13-18(26)14-15-19-20(22(27)16-21(19)25-30)9-4-2-3-5-11-24(28)29/h6-8,10,18-20,22,26-27,30H,2-5,9,11-16H2,1H3,(H,28,29)/b25-21-/t18-,19?,20+,22-/m0/s1. The summed E-state index contributed by atoms with van der Waals surface area (Å²) in [6.07, 6.45) is 6.36. The van der Waals surface area contributed by atoms with Gasteiger partial charge >= 0.3 is 5.97 Å². The molecule has 0 heterocycles. The second-order valence-corrected chi connectivity index (χ2v) is 8.56. The van der Waals surface area contributed by atoms with Crippen molar-refractivity contribution in [2.45, 2.75) is 82.8 Å². The second-order valence-electron chi connectivity index (χ2n) is 8.56. The molecule has 0 radical (unpaired) electrons. The van der Waals surface area contributed by atoms with Crippen molar-refractivity contribution in [3.63, 3.8) is 0 Å². The number of aryl methyl sites for hydroxylation is 1. The van der Waals surface area contributed by atoms with E-state index in [1.807, 2.05) is 24.3 Å². The predicted molar refractivity (Wildman–Crippen MR) is 119 cm³/mol. The molecule has 0 saturated heterocycles. The van der Waals surface area contributed by atoms with E-state index < -0.39 is 18.2 Å². The molecule has 7 nitrogen and oxygen atoms in total. The van der Waals surface area contributed by atoms with Gasteiger partial charge in [0.05, 0.1) is 25.0 Å². The van der Waals surface area contributed by atoms with E-state index in [0.29, 0.717) is 37.8 Å². The minimum absolute atomic E-state index is 0.0202. The smallest absolute Gasteiger partial charge is 0.303 e. The summed E-state index contributed by atoms with van der Waals surface area (Å²) in [4.78, 5) is 10.6. The Kier molecular flexibility index (Phi) is 10.8. The molecule has 0 aromatic heterocycles. The van der Waals surface area contributed by atoms with Crippen molar-refractivity contribution in [2.24, 2.45) is 17.0 Å². The van der Waals surface area contributed by atoms with Crippen LogP contribution in [0.15, 0.2) is 29.4 Å². The third-order valence-electron chi connectivity index (χ3n) is 6.41. The number of nitrogens with zero attached hydrogens (tertiary/aromatic N) is 1. The SMILES string of the molecule is COc1ccccc1CC[C@H](O)CCC1/C(=N\O)C[C@H](O)[C@@H]1CCCCCCC(=O)O. The molecule has 4 N–H and O–H groups in total. The van der Waals surface area contributed by atoms with E-state index in [0.717, 1.165) is 43.4 Å². The summed E-state index contributed by atoms with van der Waals surface area (Å²) >= 11 is 0. The summed E-state index contributed by atoms with van der Waals surface area (Å²) in [6, 6.07) is 7.80. The zero-order chi connectivity index (χ0) is 22.6. The van der Waals surface area contributed by atoms with Crippen molar-refractivity contribution >= 4 is 11.7 Å². The Hall–Kier alpha value is -2.12. The number of aliphatic hydroxyl groups excluding tert-OH is 2. The third kappa shape index (κ3) is 8.15. The van der Waals surface area contributed by atoms with E-state index in [-0.39, 0.29) is 18.3 Å². The Morgan fingerprint density at radius 3 is 2.61 bits per heavy atom. The van der Waals surface area contributed by atoms with Gasteiger partial charge in [0.25, 0.3) is 0 Å². The molecule has 1 aliphatic carbocycles. The molecule has 0 amide bonds. The summed E-state index contributed by atoms with van der Waals surface area (Å²) in [7, 11) is 1.64. The Labute approximate surface area is 184 Å². The maximum atomic E-state index is 10.6. The second kappa shape index (κ2) is 13.3. The number of hydrogen-bond donors (Lipinski definition) is 4. The number of ether oxygens (including phenoxy) is 1. The average molecular weight is 436 g/mol. The molecule has 174 valence electrons. The number of benzene rings is 1. The van der Waals surface area contributed by atoms with Gasteiger partial charge < -0.3 is 25.3 Å².